The van der Waals surface area contributed by atoms with Gasteiger partial charge in [-0.05, 0) is 28.8 Å². The van der Waals surface area contributed by atoms with Gasteiger partial charge in [0.25, 0.3) is 5.91 Å². The maximum absolute atomic E-state index is 12.8. The number of anilines is 1. The first-order valence-corrected chi connectivity index (χ1v) is 11.7. The number of aromatic nitrogens is 1. The fourth-order valence-corrected chi connectivity index (χ4v) is 4.83. The van der Waals surface area contributed by atoms with E-state index in [1.807, 2.05) is 48.5 Å². The second-order valence-electron chi connectivity index (χ2n) is 7.44. The van der Waals surface area contributed by atoms with Gasteiger partial charge in [-0.15, -0.1) is 0 Å². The molecule has 1 aromatic heterocycles. The lowest BCUT2D eigenvalue weighted by Crippen LogP contribution is -2.12. The zero-order valence-electron chi connectivity index (χ0n) is 17.5. The number of rotatable bonds is 5. The standard InChI is InChI=1S/C28H19ClN2OS/c29-24-14-8-7-13-23(24)27(32)31-28-30-25(21-11-5-2-6-12-21)26(33-28)22-17-15-20(16-18-22)19-9-3-1-4-10-19/h1-18H,(H,30,31,32). The lowest BCUT2D eigenvalue weighted by Gasteiger charge is -2.05. The van der Waals surface area contributed by atoms with E-state index in [1.54, 1.807) is 24.3 Å². The van der Waals surface area contributed by atoms with Crippen molar-refractivity contribution in [1.29, 1.82) is 0 Å². The fourth-order valence-electron chi connectivity index (χ4n) is 3.62. The number of carbonyl (C=O) groups is 1. The Morgan fingerprint density at radius 3 is 1.88 bits per heavy atom. The van der Waals surface area contributed by atoms with Gasteiger partial charge in [0.1, 0.15) is 0 Å². The van der Waals surface area contributed by atoms with Crippen molar-refractivity contribution in [2.45, 2.75) is 0 Å². The molecule has 5 heteroatoms. The molecule has 1 heterocycles. The second kappa shape index (κ2) is 9.41. The highest BCUT2D eigenvalue weighted by atomic mass is 35.5. The third kappa shape index (κ3) is 4.58. The molecule has 160 valence electrons. The van der Waals surface area contributed by atoms with Crippen LogP contribution in [0.4, 0.5) is 5.13 Å². The van der Waals surface area contributed by atoms with Gasteiger partial charge < -0.3 is 0 Å². The van der Waals surface area contributed by atoms with Crippen LogP contribution in [0.2, 0.25) is 5.02 Å². The fraction of sp³-hybridized carbons (Fsp3) is 0. The van der Waals surface area contributed by atoms with Gasteiger partial charge in [-0.2, -0.15) is 0 Å². The van der Waals surface area contributed by atoms with E-state index >= 15 is 0 Å². The van der Waals surface area contributed by atoms with Crippen molar-refractivity contribution in [3.05, 3.63) is 120 Å². The van der Waals surface area contributed by atoms with E-state index in [-0.39, 0.29) is 5.91 Å². The molecule has 0 aliphatic heterocycles. The van der Waals surface area contributed by atoms with E-state index in [2.05, 4.69) is 41.7 Å². The molecule has 33 heavy (non-hydrogen) atoms. The minimum Gasteiger partial charge on any atom is -0.298 e. The number of nitrogens with one attached hydrogen (secondary N) is 1. The molecular weight excluding hydrogens is 448 g/mol. The highest BCUT2D eigenvalue weighted by Gasteiger charge is 2.18. The van der Waals surface area contributed by atoms with E-state index in [1.165, 1.54) is 16.9 Å². The van der Waals surface area contributed by atoms with E-state index in [4.69, 9.17) is 16.6 Å². The summed E-state index contributed by atoms with van der Waals surface area (Å²) in [5.41, 5.74) is 5.62. The summed E-state index contributed by atoms with van der Waals surface area (Å²) in [4.78, 5) is 18.6. The monoisotopic (exact) mass is 466 g/mol. The van der Waals surface area contributed by atoms with Crippen LogP contribution in [0.15, 0.2) is 109 Å². The number of nitrogens with zero attached hydrogens (tertiary/aromatic N) is 1. The second-order valence-corrected chi connectivity index (χ2v) is 8.85. The Morgan fingerprint density at radius 1 is 0.667 bits per heavy atom. The number of hydrogen-bond acceptors (Lipinski definition) is 3. The molecule has 0 atom stereocenters. The Labute approximate surface area is 201 Å². The van der Waals surface area contributed by atoms with E-state index < -0.39 is 0 Å². The summed E-state index contributed by atoms with van der Waals surface area (Å²) in [5, 5.41) is 3.86. The summed E-state index contributed by atoms with van der Waals surface area (Å²) in [6.45, 7) is 0. The summed E-state index contributed by atoms with van der Waals surface area (Å²) in [6.07, 6.45) is 0. The van der Waals surface area contributed by atoms with E-state index in [9.17, 15) is 4.79 Å². The minimum atomic E-state index is -0.278. The molecule has 0 aliphatic carbocycles. The van der Waals surface area contributed by atoms with Crippen molar-refractivity contribution in [2.75, 3.05) is 5.32 Å². The van der Waals surface area contributed by atoms with Gasteiger partial charge >= 0.3 is 0 Å². The zero-order chi connectivity index (χ0) is 22.6. The summed E-state index contributed by atoms with van der Waals surface area (Å²) in [6, 6.07) is 35.7. The van der Waals surface area contributed by atoms with Crippen molar-refractivity contribution < 1.29 is 4.79 Å². The molecule has 1 N–H and O–H groups in total. The maximum Gasteiger partial charge on any atom is 0.258 e. The third-order valence-corrected chi connectivity index (χ3v) is 6.62. The SMILES string of the molecule is O=C(Nc1nc(-c2ccccc2)c(-c2ccc(-c3ccccc3)cc2)s1)c1ccccc1Cl. The molecule has 0 bridgehead atoms. The first-order chi connectivity index (χ1) is 16.2. The van der Waals surface area contributed by atoms with Crippen LogP contribution in [-0.4, -0.2) is 10.9 Å². The molecule has 0 unspecified atom stereocenters. The van der Waals surface area contributed by atoms with Gasteiger partial charge in [-0.3, -0.25) is 10.1 Å². The molecule has 0 fully saturated rings. The number of amides is 1. The number of thiazole rings is 1. The lowest BCUT2D eigenvalue weighted by atomic mass is 10.0. The molecule has 5 aromatic rings. The number of carbonyl (C=O) groups excluding carboxylic acids is 1. The van der Waals surface area contributed by atoms with Crippen LogP contribution in [0.1, 0.15) is 10.4 Å². The summed E-state index contributed by atoms with van der Waals surface area (Å²) in [7, 11) is 0. The number of benzene rings is 4. The smallest absolute Gasteiger partial charge is 0.258 e. The average Bonchev–Trinajstić information content (AvgIpc) is 3.29. The van der Waals surface area contributed by atoms with Gasteiger partial charge in [0, 0.05) is 5.56 Å². The van der Waals surface area contributed by atoms with Crippen LogP contribution in [0.5, 0.6) is 0 Å². The Hall–Kier alpha value is -3.73. The molecule has 1 amide bonds. The summed E-state index contributed by atoms with van der Waals surface area (Å²) >= 11 is 7.65. The molecule has 0 saturated heterocycles. The summed E-state index contributed by atoms with van der Waals surface area (Å²) < 4.78 is 0. The number of hydrogen-bond donors (Lipinski definition) is 1. The molecule has 3 nitrogen and oxygen atoms in total. The highest BCUT2D eigenvalue weighted by Crippen LogP contribution is 2.39. The molecule has 0 radical (unpaired) electrons. The molecule has 0 saturated carbocycles. The van der Waals surface area contributed by atoms with Crippen molar-refractivity contribution in [3.63, 3.8) is 0 Å². The van der Waals surface area contributed by atoms with Crippen molar-refractivity contribution >= 4 is 34.0 Å². The Morgan fingerprint density at radius 2 is 1.21 bits per heavy atom. The van der Waals surface area contributed by atoms with Crippen LogP contribution in [0.3, 0.4) is 0 Å². The summed E-state index contributed by atoms with van der Waals surface area (Å²) in [5.74, 6) is -0.278. The van der Waals surface area contributed by atoms with Crippen LogP contribution in [-0.2, 0) is 0 Å². The molecule has 5 rings (SSSR count). The zero-order valence-corrected chi connectivity index (χ0v) is 19.1. The predicted octanol–water partition coefficient (Wildman–Crippen LogP) is 8.05. The Bertz CT molecular complexity index is 1400. The van der Waals surface area contributed by atoms with Crippen LogP contribution < -0.4 is 5.32 Å². The molecule has 0 aliphatic rings. The van der Waals surface area contributed by atoms with Crippen LogP contribution in [0.25, 0.3) is 32.8 Å². The van der Waals surface area contributed by atoms with Crippen molar-refractivity contribution in [1.82, 2.24) is 4.98 Å². The maximum atomic E-state index is 12.8. The lowest BCUT2D eigenvalue weighted by molar-refractivity contribution is 0.102. The van der Waals surface area contributed by atoms with Crippen molar-refractivity contribution in [2.24, 2.45) is 0 Å². The Balaban J connectivity index is 1.52. The molecular formula is C28H19ClN2OS. The average molecular weight is 467 g/mol. The largest absolute Gasteiger partial charge is 0.298 e. The first-order valence-electron chi connectivity index (χ1n) is 10.5. The molecule has 0 spiro atoms. The van der Waals surface area contributed by atoms with E-state index in [0.29, 0.717) is 15.7 Å². The molecule has 4 aromatic carbocycles. The van der Waals surface area contributed by atoms with Gasteiger partial charge in [0.05, 0.1) is 21.2 Å². The Kier molecular flexibility index (Phi) is 6.03. The quantitative estimate of drug-likeness (QED) is 0.284. The van der Waals surface area contributed by atoms with E-state index in [0.717, 1.165) is 27.3 Å². The topological polar surface area (TPSA) is 42.0 Å². The predicted molar refractivity (Wildman–Crippen MR) is 138 cm³/mol. The normalized spacial score (nSPS) is 10.7. The van der Waals surface area contributed by atoms with Crippen LogP contribution in [0, 0.1) is 0 Å². The van der Waals surface area contributed by atoms with Gasteiger partial charge in [-0.1, -0.05) is 120 Å². The first kappa shape index (κ1) is 21.1. The van der Waals surface area contributed by atoms with Crippen molar-refractivity contribution in [3.8, 4) is 32.8 Å². The minimum absolute atomic E-state index is 0.278. The van der Waals surface area contributed by atoms with Gasteiger partial charge in [0.2, 0.25) is 0 Å². The number of halogens is 1. The third-order valence-electron chi connectivity index (χ3n) is 5.27. The van der Waals surface area contributed by atoms with Gasteiger partial charge in [-0.25, -0.2) is 4.98 Å². The highest BCUT2D eigenvalue weighted by molar-refractivity contribution is 7.19. The van der Waals surface area contributed by atoms with Gasteiger partial charge in [0.15, 0.2) is 5.13 Å². The van der Waals surface area contributed by atoms with Crippen LogP contribution >= 0.6 is 22.9 Å².